The second-order valence-electron chi connectivity index (χ2n) is 5.47. The average molecular weight is 356 g/mol. The molecule has 0 unspecified atom stereocenters. The highest BCUT2D eigenvalue weighted by Gasteiger charge is 2.19. The molecule has 7 heteroatoms. The number of aryl methyl sites for hydroxylation is 1. The van der Waals surface area contributed by atoms with Crippen LogP contribution < -0.4 is 14.2 Å². The van der Waals surface area contributed by atoms with Crippen molar-refractivity contribution in [3.8, 4) is 23.1 Å². The summed E-state index contributed by atoms with van der Waals surface area (Å²) in [6, 6.07) is 12.2. The number of ether oxygens (including phenoxy) is 3. The Kier molecular flexibility index (Phi) is 4.88. The number of esters is 1. The Labute approximate surface area is 149 Å². The average Bonchev–Trinajstić information content (AvgIpc) is 3.01. The van der Waals surface area contributed by atoms with E-state index in [1.54, 1.807) is 43.3 Å². The first-order valence-electron chi connectivity index (χ1n) is 7.78. The third kappa shape index (κ3) is 3.51. The highest BCUT2D eigenvalue weighted by molar-refractivity contribution is 5.94. The van der Waals surface area contributed by atoms with Gasteiger partial charge in [-0.2, -0.15) is 5.10 Å². The van der Waals surface area contributed by atoms with Gasteiger partial charge in [0, 0.05) is 12.1 Å². The predicted octanol–water partition coefficient (Wildman–Crippen LogP) is 3.56. The molecule has 26 heavy (non-hydrogen) atoms. The first-order valence-corrected chi connectivity index (χ1v) is 7.78. The molecule has 0 radical (unpaired) electrons. The summed E-state index contributed by atoms with van der Waals surface area (Å²) >= 11 is 0. The highest BCUT2D eigenvalue weighted by atomic mass is 19.1. The van der Waals surface area contributed by atoms with Gasteiger partial charge in [0.15, 0.2) is 0 Å². The van der Waals surface area contributed by atoms with Gasteiger partial charge in [0.1, 0.15) is 22.9 Å². The fourth-order valence-electron chi connectivity index (χ4n) is 2.46. The molecule has 0 spiro atoms. The fourth-order valence-corrected chi connectivity index (χ4v) is 2.46. The van der Waals surface area contributed by atoms with Crippen molar-refractivity contribution in [1.29, 1.82) is 0 Å². The van der Waals surface area contributed by atoms with Crippen LogP contribution in [0.5, 0.6) is 17.4 Å². The minimum Gasteiger partial charge on any atom is -0.497 e. The van der Waals surface area contributed by atoms with Crippen LogP contribution in [-0.4, -0.2) is 30.0 Å². The third-order valence-corrected chi connectivity index (χ3v) is 3.68. The number of benzene rings is 2. The van der Waals surface area contributed by atoms with Crippen LogP contribution in [0.2, 0.25) is 0 Å². The fraction of sp³-hybridized carbons (Fsp3) is 0.158. The molecule has 6 nitrogen and oxygen atoms in total. The van der Waals surface area contributed by atoms with Gasteiger partial charge < -0.3 is 14.2 Å². The van der Waals surface area contributed by atoms with E-state index in [0.717, 1.165) is 0 Å². The molecule has 0 saturated heterocycles. The van der Waals surface area contributed by atoms with Crippen LogP contribution >= 0.6 is 0 Å². The maximum absolute atomic E-state index is 13.5. The van der Waals surface area contributed by atoms with Crippen molar-refractivity contribution in [3.63, 3.8) is 0 Å². The largest absolute Gasteiger partial charge is 0.497 e. The molecule has 1 heterocycles. The van der Waals surface area contributed by atoms with E-state index in [9.17, 15) is 9.18 Å². The van der Waals surface area contributed by atoms with Gasteiger partial charge in [-0.3, -0.25) is 0 Å². The summed E-state index contributed by atoms with van der Waals surface area (Å²) in [6.07, 6.45) is 0. The third-order valence-electron chi connectivity index (χ3n) is 3.68. The van der Waals surface area contributed by atoms with Gasteiger partial charge in [-0.15, -0.1) is 0 Å². The molecule has 0 atom stereocenters. The number of aromatic nitrogens is 2. The number of hydrogen-bond acceptors (Lipinski definition) is 5. The summed E-state index contributed by atoms with van der Waals surface area (Å²) in [5.41, 5.74) is 1.30. The van der Waals surface area contributed by atoms with Crippen molar-refractivity contribution in [2.24, 2.45) is 0 Å². The van der Waals surface area contributed by atoms with Crippen LogP contribution in [0.3, 0.4) is 0 Å². The van der Waals surface area contributed by atoms with Gasteiger partial charge in [-0.25, -0.2) is 13.9 Å². The summed E-state index contributed by atoms with van der Waals surface area (Å²) in [4.78, 5) is 12.6. The van der Waals surface area contributed by atoms with E-state index in [2.05, 4.69) is 5.10 Å². The smallest absolute Gasteiger partial charge is 0.348 e. The van der Waals surface area contributed by atoms with E-state index in [4.69, 9.17) is 14.2 Å². The Hall–Kier alpha value is -3.35. The Morgan fingerprint density at radius 3 is 2.58 bits per heavy atom. The van der Waals surface area contributed by atoms with Crippen molar-refractivity contribution < 1.29 is 23.4 Å². The molecule has 3 aromatic rings. The Morgan fingerprint density at radius 2 is 1.88 bits per heavy atom. The van der Waals surface area contributed by atoms with E-state index in [0.29, 0.717) is 22.9 Å². The molecule has 0 aliphatic heterocycles. The van der Waals surface area contributed by atoms with Gasteiger partial charge in [-0.05, 0) is 37.3 Å². The second kappa shape index (κ2) is 7.26. The maximum Gasteiger partial charge on any atom is 0.348 e. The maximum atomic E-state index is 13.5. The highest BCUT2D eigenvalue weighted by Crippen LogP contribution is 2.27. The van der Waals surface area contributed by atoms with Crippen LogP contribution in [0.4, 0.5) is 4.39 Å². The summed E-state index contributed by atoms with van der Waals surface area (Å²) in [5.74, 6) is 0.0183. The molecule has 3 rings (SSSR count). The molecular formula is C19H17FN2O4. The number of methoxy groups -OCH3 is 2. The molecule has 0 saturated carbocycles. The lowest BCUT2D eigenvalue weighted by Crippen LogP contribution is -2.13. The SMILES string of the molecule is COc1ccc(C(=O)Oc2cc(C)nn2-c2cccc(F)c2)c(OC)c1. The second-order valence-corrected chi connectivity index (χ2v) is 5.47. The van der Waals surface area contributed by atoms with Crippen molar-refractivity contribution >= 4 is 5.97 Å². The number of nitrogens with zero attached hydrogens (tertiary/aromatic N) is 2. The summed E-state index contributed by atoms with van der Waals surface area (Å²) in [6.45, 7) is 1.75. The van der Waals surface area contributed by atoms with Crippen LogP contribution in [0.1, 0.15) is 16.1 Å². The molecule has 0 N–H and O–H groups in total. The molecule has 0 aliphatic carbocycles. The zero-order chi connectivity index (χ0) is 18.7. The molecule has 0 amide bonds. The van der Waals surface area contributed by atoms with E-state index >= 15 is 0 Å². The molecular weight excluding hydrogens is 339 g/mol. The van der Waals surface area contributed by atoms with Gasteiger partial charge >= 0.3 is 5.97 Å². The minimum absolute atomic E-state index is 0.177. The Balaban J connectivity index is 1.94. The normalized spacial score (nSPS) is 10.5. The number of rotatable bonds is 5. The number of carbonyl (C=O) groups is 1. The van der Waals surface area contributed by atoms with Gasteiger partial charge in [-0.1, -0.05) is 6.07 Å². The minimum atomic E-state index is -0.623. The molecule has 0 fully saturated rings. The molecule has 1 aromatic heterocycles. The Morgan fingerprint density at radius 1 is 1.08 bits per heavy atom. The number of carbonyl (C=O) groups excluding carboxylic acids is 1. The molecule has 0 aliphatic rings. The molecule has 0 bridgehead atoms. The Bertz CT molecular complexity index is 952. The van der Waals surface area contributed by atoms with Crippen LogP contribution in [0.25, 0.3) is 5.69 Å². The lowest BCUT2D eigenvalue weighted by molar-refractivity contribution is 0.0719. The monoisotopic (exact) mass is 356 g/mol. The standard InChI is InChI=1S/C19H17FN2O4/c1-12-9-18(22(21-12)14-6-4-5-13(20)10-14)26-19(23)16-8-7-15(24-2)11-17(16)25-3/h4-11H,1-3H3. The zero-order valence-electron chi connectivity index (χ0n) is 14.5. The van der Waals surface area contributed by atoms with Crippen molar-refractivity contribution in [3.05, 3.63) is 65.6 Å². The van der Waals surface area contributed by atoms with E-state index < -0.39 is 11.8 Å². The van der Waals surface area contributed by atoms with Crippen LogP contribution in [0, 0.1) is 12.7 Å². The quantitative estimate of drug-likeness (QED) is 0.654. The van der Waals surface area contributed by atoms with E-state index in [-0.39, 0.29) is 11.4 Å². The van der Waals surface area contributed by atoms with Gasteiger partial charge in [0.2, 0.25) is 5.88 Å². The lowest BCUT2D eigenvalue weighted by Gasteiger charge is -2.11. The van der Waals surface area contributed by atoms with Gasteiger partial charge in [0.25, 0.3) is 0 Å². The number of halogens is 1. The summed E-state index contributed by atoms with van der Waals surface area (Å²) in [7, 11) is 2.97. The first kappa shape index (κ1) is 17.5. The first-order chi connectivity index (χ1) is 12.5. The lowest BCUT2D eigenvalue weighted by atomic mass is 10.2. The van der Waals surface area contributed by atoms with Crippen molar-refractivity contribution in [2.75, 3.05) is 14.2 Å². The van der Waals surface area contributed by atoms with Crippen molar-refractivity contribution in [1.82, 2.24) is 9.78 Å². The number of hydrogen-bond donors (Lipinski definition) is 0. The molecule has 2 aromatic carbocycles. The van der Waals surface area contributed by atoms with Crippen LogP contribution in [-0.2, 0) is 0 Å². The molecule has 134 valence electrons. The van der Waals surface area contributed by atoms with Crippen molar-refractivity contribution in [2.45, 2.75) is 6.92 Å². The van der Waals surface area contributed by atoms with Crippen LogP contribution in [0.15, 0.2) is 48.5 Å². The van der Waals surface area contributed by atoms with E-state index in [1.807, 2.05) is 0 Å². The zero-order valence-corrected chi connectivity index (χ0v) is 14.5. The summed E-state index contributed by atoms with van der Waals surface area (Å²) < 4.78 is 30.7. The topological polar surface area (TPSA) is 62.6 Å². The van der Waals surface area contributed by atoms with Gasteiger partial charge in [0.05, 0.1) is 25.6 Å². The summed E-state index contributed by atoms with van der Waals surface area (Å²) in [5, 5.41) is 4.26. The predicted molar refractivity (Wildman–Crippen MR) is 92.8 cm³/mol. The van der Waals surface area contributed by atoms with E-state index in [1.165, 1.54) is 31.0 Å².